The Hall–Kier alpha value is -0.220. The van der Waals surface area contributed by atoms with Gasteiger partial charge in [0.15, 0.2) is 0 Å². The molecule has 0 bridgehead atoms. The molecule has 0 aromatic heterocycles. The molecule has 2 aliphatic heterocycles. The highest BCUT2D eigenvalue weighted by Gasteiger charge is 2.42. The molecule has 3 unspecified atom stereocenters. The van der Waals surface area contributed by atoms with Crippen LogP contribution >= 0.6 is 11.8 Å². The van der Waals surface area contributed by atoms with Gasteiger partial charge in [-0.25, -0.2) is 0 Å². The SMILES string of the molecule is CCCC1NC(CC)C(=O)N1CC1(C)CCCS1. The number of carbonyl (C=O) groups excluding carboxylic acids is 1. The average molecular weight is 270 g/mol. The first-order valence-corrected chi connectivity index (χ1v) is 8.28. The van der Waals surface area contributed by atoms with Crippen LogP contribution < -0.4 is 5.32 Å². The molecule has 18 heavy (non-hydrogen) atoms. The second-order valence-electron chi connectivity index (χ2n) is 5.80. The van der Waals surface area contributed by atoms with Gasteiger partial charge in [-0.05, 0) is 38.4 Å². The molecule has 2 rings (SSSR count). The van der Waals surface area contributed by atoms with Crippen LogP contribution in [0.5, 0.6) is 0 Å². The van der Waals surface area contributed by atoms with E-state index in [2.05, 4.69) is 31.0 Å². The minimum atomic E-state index is 0.0524. The summed E-state index contributed by atoms with van der Waals surface area (Å²) < 4.78 is 0.284. The Morgan fingerprint density at radius 1 is 1.50 bits per heavy atom. The molecule has 2 saturated heterocycles. The smallest absolute Gasteiger partial charge is 0.241 e. The second kappa shape index (κ2) is 5.83. The van der Waals surface area contributed by atoms with Crippen LogP contribution in [0.3, 0.4) is 0 Å². The van der Waals surface area contributed by atoms with Gasteiger partial charge in [0.05, 0.1) is 12.2 Å². The Morgan fingerprint density at radius 2 is 2.28 bits per heavy atom. The van der Waals surface area contributed by atoms with Crippen molar-refractivity contribution in [1.29, 1.82) is 0 Å². The molecule has 0 aromatic carbocycles. The van der Waals surface area contributed by atoms with Crippen LogP contribution in [0.4, 0.5) is 0 Å². The number of thioether (sulfide) groups is 1. The van der Waals surface area contributed by atoms with Crippen molar-refractivity contribution >= 4 is 17.7 Å². The molecule has 3 atom stereocenters. The Balaban J connectivity index is 2.05. The van der Waals surface area contributed by atoms with Gasteiger partial charge in [0.1, 0.15) is 0 Å². The zero-order valence-electron chi connectivity index (χ0n) is 11.9. The van der Waals surface area contributed by atoms with Crippen LogP contribution in [0.1, 0.15) is 52.9 Å². The second-order valence-corrected chi connectivity index (χ2v) is 7.48. The first-order chi connectivity index (χ1) is 8.59. The van der Waals surface area contributed by atoms with Crippen molar-refractivity contribution in [2.75, 3.05) is 12.3 Å². The molecule has 2 fully saturated rings. The van der Waals surface area contributed by atoms with Crippen molar-refractivity contribution in [3.05, 3.63) is 0 Å². The van der Waals surface area contributed by atoms with Crippen molar-refractivity contribution in [3.8, 4) is 0 Å². The third-order valence-electron chi connectivity index (χ3n) is 4.13. The highest BCUT2D eigenvalue weighted by molar-refractivity contribution is 8.00. The van der Waals surface area contributed by atoms with Crippen LogP contribution in [0.2, 0.25) is 0 Å². The highest BCUT2D eigenvalue weighted by Crippen LogP contribution is 2.39. The van der Waals surface area contributed by atoms with Crippen LogP contribution in [0.15, 0.2) is 0 Å². The van der Waals surface area contributed by atoms with Crippen molar-refractivity contribution < 1.29 is 4.79 Å². The van der Waals surface area contributed by atoms with Crippen molar-refractivity contribution in [3.63, 3.8) is 0 Å². The quantitative estimate of drug-likeness (QED) is 0.833. The number of amides is 1. The minimum absolute atomic E-state index is 0.0524. The van der Waals surface area contributed by atoms with Crippen LogP contribution in [0, 0.1) is 0 Å². The van der Waals surface area contributed by atoms with Gasteiger partial charge < -0.3 is 4.90 Å². The molecular formula is C14H26N2OS. The lowest BCUT2D eigenvalue weighted by atomic mass is 10.0. The van der Waals surface area contributed by atoms with Gasteiger partial charge in [-0.15, -0.1) is 0 Å². The third-order valence-corrected chi connectivity index (χ3v) is 5.65. The topological polar surface area (TPSA) is 32.3 Å². The maximum atomic E-state index is 12.4. The van der Waals surface area contributed by atoms with Gasteiger partial charge >= 0.3 is 0 Å². The van der Waals surface area contributed by atoms with E-state index in [-0.39, 0.29) is 17.0 Å². The molecule has 104 valence electrons. The third kappa shape index (κ3) is 2.85. The fourth-order valence-electron chi connectivity index (χ4n) is 3.06. The molecule has 0 radical (unpaired) electrons. The van der Waals surface area contributed by atoms with E-state index < -0.39 is 0 Å². The standard InChI is InChI=1S/C14H26N2OS/c1-4-7-12-15-11(5-2)13(17)16(12)10-14(3)8-6-9-18-14/h11-12,15H,4-10H2,1-3H3. The van der Waals surface area contributed by atoms with Crippen LogP contribution in [0.25, 0.3) is 0 Å². The summed E-state index contributed by atoms with van der Waals surface area (Å²) >= 11 is 2.04. The lowest BCUT2D eigenvalue weighted by Crippen LogP contribution is -2.44. The maximum absolute atomic E-state index is 12.4. The summed E-state index contributed by atoms with van der Waals surface area (Å²) in [7, 11) is 0. The molecule has 4 heteroatoms. The van der Waals surface area contributed by atoms with E-state index in [0.29, 0.717) is 5.91 Å². The number of nitrogens with one attached hydrogen (secondary N) is 1. The number of rotatable bonds is 5. The van der Waals surface area contributed by atoms with Gasteiger partial charge in [-0.2, -0.15) is 11.8 Å². The molecule has 0 aliphatic carbocycles. The summed E-state index contributed by atoms with van der Waals surface area (Å²) in [6.45, 7) is 7.52. The largest absolute Gasteiger partial charge is 0.324 e. The molecule has 3 nitrogen and oxygen atoms in total. The first kappa shape index (κ1) is 14.2. The van der Waals surface area contributed by atoms with Crippen LogP contribution in [-0.4, -0.2) is 40.1 Å². The van der Waals surface area contributed by atoms with E-state index in [4.69, 9.17) is 0 Å². The average Bonchev–Trinajstić information content (AvgIpc) is 2.89. The van der Waals surface area contributed by atoms with E-state index in [1.807, 2.05) is 11.8 Å². The van der Waals surface area contributed by atoms with E-state index in [9.17, 15) is 4.79 Å². The Kier molecular flexibility index (Phi) is 4.59. The Bertz CT molecular complexity index is 302. The Morgan fingerprint density at radius 3 is 2.83 bits per heavy atom. The number of nitrogens with zero attached hydrogens (tertiary/aromatic N) is 1. The van der Waals surface area contributed by atoms with E-state index in [0.717, 1.165) is 25.8 Å². The lowest BCUT2D eigenvalue weighted by molar-refractivity contribution is -0.130. The van der Waals surface area contributed by atoms with Crippen LogP contribution in [-0.2, 0) is 4.79 Å². The van der Waals surface area contributed by atoms with E-state index in [1.54, 1.807) is 0 Å². The molecule has 0 spiro atoms. The minimum Gasteiger partial charge on any atom is -0.324 e. The summed E-state index contributed by atoms with van der Waals surface area (Å²) in [4.78, 5) is 14.5. The highest BCUT2D eigenvalue weighted by atomic mass is 32.2. The Labute approximate surface area is 115 Å². The van der Waals surface area contributed by atoms with E-state index >= 15 is 0 Å². The van der Waals surface area contributed by atoms with Crippen molar-refractivity contribution in [2.45, 2.75) is 69.8 Å². The van der Waals surface area contributed by atoms with Crippen molar-refractivity contribution in [2.24, 2.45) is 0 Å². The predicted octanol–water partition coefficient (Wildman–Crippen LogP) is 2.61. The summed E-state index contributed by atoms with van der Waals surface area (Å²) in [6, 6.07) is 0.0524. The number of carbonyl (C=O) groups is 1. The molecule has 0 saturated carbocycles. The normalized spacial score (nSPS) is 36.6. The molecule has 1 amide bonds. The van der Waals surface area contributed by atoms with Gasteiger partial charge in [-0.1, -0.05) is 20.3 Å². The molecule has 1 N–H and O–H groups in total. The monoisotopic (exact) mass is 270 g/mol. The summed E-state index contributed by atoms with van der Waals surface area (Å²) in [5.74, 6) is 1.58. The lowest BCUT2D eigenvalue weighted by Gasteiger charge is -2.32. The van der Waals surface area contributed by atoms with Gasteiger partial charge in [0.25, 0.3) is 0 Å². The predicted molar refractivity (Wildman–Crippen MR) is 77.7 cm³/mol. The summed E-state index contributed by atoms with van der Waals surface area (Å²) in [6.07, 6.45) is 5.92. The first-order valence-electron chi connectivity index (χ1n) is 7.30. The molecule has 0 aromatic rings. The molecule has 2 aliphatic rings. The fourth-order valence-corrected chi connectivity index (χ4v) is 4.36. The maximum Gasteiger partial charge on any atom is 0.241 e. The van der Waals surface area contributed by atoms with E-state index in [1.165, 1.54) is 18.6 Å². The fraction of sp³-hybridized carbons (Fsp3) is 0.929. The molecular weight excluding hydrogens is 244 g/mol. The zero-order valence-corrected chi connectivity index (χ0v) is 12.7. The van der Waals surface area contributed by atoms with Gasteiger partial charge in [0.2, 0.25) is 5.91 Å². The molecule has 2 heterocycles. The summed E-state index contributed by atoms with van der Waals surface area (Å²) in [5, 5.41) is 3.50. The number of hydrogen-bond donors (Lipinski definition) is 1. The summed E-state index contributed by atoms with van der Waals surface area (Å²) in [5.41, 5.74) is 0. The zero-order chi connectivity index (χ0) is 13.2. The van der Waals surface area contributed by atoms with Crippen molar-refractivity contribution in [1.82, 2.24) is 10.2 Å². The van der Waals surface area contributed by atoms with Gasteiger partial charge in [-0.3, -0.25) is 10.1 Å². The van der Waals surface area contributed by atoms with Gasteiger partial charge in [0, 0.05) is 11.3 Å². The number of hydrogen-bond acceptors (Lipinski definition) is 3.